The molecule has 0 saturated heterocycles. The second-order valence-corrected chi connectivity index (χ2v) is 6.37. The summed E-state index contributed by atoms with van der Waals surface area (Å²) >= 11 is 0. The summed E-state index contributed by atoms with van der Waals surface area (Å²) in [5.41, 5.74) is 7.80. The van der Waals surface area contributed by atoms with Gasteiger partial charge in [0.15, 0.2) is 0 Å². The highest BCUT2D eigenvalue weighted by Crippen LogP contribution is 2.62. The monoisotopic (exact) mass is 216 g/mol. The zero-order valence-corrected chi connectivity index (χ0v) is 10.00. The Morgan fingerprint density at radius 1 is 1.12 bits per heavy atom. The minimum atomic E-state index is 0.183. The molecule has 0 spiro atoms. The smallest absolute Gasteiger partial charge is 0.0971 e. The van der Waals surface area contributed by atoms with Crippen LogP contribution < -0.4 is 5.73 Å². The van der Waals surface area contributed by atoms with E-state index in [1.165, 1.54) is 38.5 Å². The Bertz CT molecular complexity index is 347. The largest absolute Gasteiger partial charge is 0.401 e. The van der Waals surface area contributed by atoms with E-state index in [-0.39, 0.29) is 5.41 Å². The van der Waals surface area contributed by atoms with E-state index >= 15 is 0 Å². The molecule has 4 bridgehead atoms. The van der Waals surface area contributed by atoms with E-state index < -0.39 is 0 Å². The fraction of sp³-hybridized carbons (Fsp3) is 0.786. The maximum atomic E-state index is 9.37. The van der Waals surface area contributed by atoms with Crippen LogP contribution in [0.3, 0.4) is 0 Å². The van der Waals surface area contributed by atoms with Crippen molar-refractivity contribution in [3.8, 4) is 6.07 Å². The molecule has 0 aliphatic heterocycles. The van der Waals surface area contributed by atoms with Crippen LogP contribution in [0.4, 0.5) is 0 Å². The summed E-state index contributed by atoms with van der Waals surface area (Å²) in [4.78, 5) is 0. The van der Waals surface area contributed by atoms with Crippen molar-refractivity contribution in [3.05, 3.63) is 11.3 Å². The molecule has 16 heavy (non-hydrogen) atoms. The Morgan fingerprint density at radius 2 is 1.56 bits per heavy atom. The standard InChI is InChI=1S/C14H20N2/c1-9(16)13(8-15)14-5-10-2-11(6-14)4-12(3-10)7-14/h10-12H,2-7,16H2,1H3/b13-9+. The molecule has 4 saturated carbocycles. The number of nitrogens with two attached hydrogens (primary N) is 1. The Morgan fingerprint density at radius 3 is 1.88 bits per heavy atom. The lowest BCUT2D eigenvalue weighted by atomic mass is 9.48. The van der Waals surface area contributed by atoms with Crippen molar-refractivity contribution in [2.75, 3.05) is 0 Å². The molecule has 4 rings (SSSR count). The summed E-state index contributed by atoms with van der Waals surface area (Å²) in [5, 5.41) is 9.37. The van der Waals surface area contributed by atoms with Gasteiger partial charge >= 0.3 is 0 Å². The zero-order valence-electron chi connectivity index (χ0n) is 10.00. The highest BCUT2D eigenvalue weighted by Gasteiger charge is 2.52. The first-order chi connectivity index (χ1) is 7.63. The normalized spacial score (nSPS) is 46.4. The van der Waals surface area contributed by atoms with Crippen LogP contribution in [0.2, 0.25) is 0 Å². The van der Waals surface area contributed by atoms with E-state index in [0.29, 0.717) is 0 Å². The van der Waals surface area contributed by atoms with Crippen LogP contribution in [0.5, 0.6) is 0 Å². The molecule has 0 heterocycles. The molecule has 4 fully saturated rings. The average molecular weight is 216 g/mol. The fourth-order valence-electron chi connectivity index (χ4n) is 5.04. The molecule has 0 unspecified atom stereocenters. The Kier molecular flexibility index (Phi) is 2.08. The van der Waals surface area contributed by atoms with Gasteiger partial charge in [0, 0.05) is 11.1 Å². The number of hydrogen-bond donors (Lipinski definition) is 1. The second kappa shape index (κ2) is 3.26. The van der Waals surface area contributed by atoms with E-state index in [9.17, 15) is 5.26 Å². The van der Waals surface area contributed by atoms with Gasteiger partial charge in [0.1, 0.15) is 0 Å². The summed E-state index contributed by atoms with van der Waals surface area (Å²) < 4.78 is 0. The molecule has 4 aliphatic rings. The van der Waals surface area contributed by atoms with E-state index in [1.54, 1.807) is 0 Å². The van der Waals surface area contributed by atoms with Gasteiger partial charge in [-0.25, -0.2) is 0 Å². The molecule has 0 aromatic rings. The zero-order chi connectivity index (χ0) is 11.3. The quantitative estimate of drug-likeness (QED) is 0.685. The van der Waals surface area contributed by atoms with Crippen LogP contribution >= 0.6 is 0 Å². The molecule has 0 radical (unpaired) electrons. The van der Waals surface area contributed by atoms with Crippen LogP contribution in [-0.4, -0.2) is 0 Å². The van der Waals surface area contributed by atoms with Crippen LogP contribution in [0.25, 0.3) is 0 Å². The molecule has 4 aliphatic carbocycles. The number of rotatable bonds is 1. The molecule has 86 valence electrons. The minimum Gasteiger partial charge on any atom is -0.401 e. The lowest BCUT2D eigenvalue weighted by Crippen LogP contribution is -2.47. The summed E-state index contributed by atoms with van der Waals surface area (Å²) in [6.07, 6.45) is 7.95. The third kappa shape index (κ3) is 1.30. The van der Waals surface area contributed by atoms with Crippen molar-refractivity contribution in [1.29, 1.82) is 5.26 Å². The van der Waals surface area contributed by atoms with Gasteiger partial charge in [0.05, 0.1) is 11.6 Å². The molecule has 0 aromatic carbocycles. The van der Waals surface area contributed by atoms with Gasteiger partial charge in [-0.3, -0.25) is 0 Å². The summed E-state index contributed by atoms with van der Waals surface area (Å²) in [6.45, 7) is 1.90. The van der Waals surface area contributed by atoms with E-state index in [0.717, 1.165) is 29.0 Å². The van der Waals surface area contributed by atoms with Crippen molar-refractivity contribution < 1.29 is 0 Å². The third-order valence-electron chi connectivity index (χ3n) is 5.07. The molecular formula is C14H20N2. The van der Waals surface area contributed by atoms with Crippen molar-refractivity contribution in [3.63, 3.8) is 0 Å². The van der Waals surface area contributed by atoms with E-state index in [2.05, 4.69) is 6.07 Å². The highest BCUT2D eigenvalue weighted by molar-refractivity contribution is 5.35. The van der Waals surface area contributed by atoms with Gasteiger partial charge in [-0.05, 0) is 63.2 Å². The van der Waals surface area contributed by atoms with Crippen LogP contribution in [0.1, 0.15) is 45.4 Å². The third-order valence-corrected chi connectivity index (χ3v) is 5.07. The summed E-state index contributed by atoms with van der Waals surface area (Å²) in [5.74, 6) is 2.65. The molecule has 0 atom stereocenters. The molecule has 2 N–H and O–H groups in total. The topological polar surface area (TPSA) is 49.8 Å². The first-order valence-electron chi connectivity index (χ1n) is 6.50. The molecule has 0 amide bonds. The van der Waals surface area contributed by atoms with Crippen molar-refractivity contribution in [2.45, 2.75) is 45.4 Å². The predicted octanol–water partition coefficient (Wildman–Crippen LogP) is 2.96. The van der Waals surface area contributed by atoms with Crippen LogP contribution in [-0.2, 0) is 0 Å². The Labute approximate surface area is 97.5 Å². The number of nitrogens with zero attached hydrogens (tertiary/aromatic N) is 1. The lowest BCUT2D eigenvalue weighted by Gasteiger charge is -2.56. The van der Waals surface area contributed by atoms with Gasteiger partial charge in [-0.1, -0.05) is 0 Å². The van der Waals surface area contributed by atoms with Crippen molar-refractivity contribution in [2.24, 2.45) is 28.9 Å². The first kappa shape index (κ1) is 10.2. The number of allylic oxidation sites excluding steroid dienone is 2. The summed E-state index contributed by atoms with van der Waals surface area (Å²) in [7, 11) is 0. The maximum absolute atomic E-state index is 9.37. The van der Waals surface area contributed by atoms with Gasteiger partial charge in [0.2, 0.25) is 0 Å². The SMILES string of the molecule is C/C(N)=C(/C#N)C12CC3CC(CC(C3)C1)C2. The lowest BCUT2D eigenvalue weighted by molar-refractivity contribution is -0.0285. The minimum absolute atomic E-state index is 0.183. The number of nitriles is 1. The van der Waals surface area contributed by atoms with Gasteiger partial charge in [-0.2, -0.15) is 5.26 Å². The van der Waals surface area contributed by atoms with Crippen LogP contribution in [0.15, 0.2) is 11.3 Å². The molecular weight excluding hydrogens is 196 g/mol. The second-order valence-electron chi connectivity index (χ2n) is 6.37. The van der Waals surface area contributed by atoms with Gasteiger partial charge < -0.3 is 5.73 Å². The van der Waals surface area contributed by atoms with E-state index in [4.69, 9.17) is 5.73 Å². The van der Waals surface area contributed by atoms with Gasteiger partial charge in [0.25, 0.3) is 0 Å². The summed E-state index contributed by atoms with van der Waals surface area (Å²) in [6, 6.07) is 2.41. The Hall–Kier alpha value is -0.970. The van der Waals surface area contributed by atoms with Gasteiger partial charge in [-0.15, -0.1) is 0 Å². The average Bonchev–Trinajstić information content (AvgIpc) is 2.14. The number of hydrogen-bond acceptors (Lipinski definition) is 2. The Balaban J connectivity index is 2.00. The van der Waals surface area contributed by atoms with E-state index in [1.807, 2.05) is 6.92 Å². The predicted molar refractivity (Wildman–Crippen MR) is 63.1 cm³/mol. The fourth-order valence-corrected chi connectivity index (χ4v) is 5.04. The van der Waals surface area contributed by atoms with Crippen LogP contribution in [0, 0.1) is 34.5 Å². The first-order valence-corrected chi connectivity index (χ1v) is 6.50. The maximum Gasteiger partial charge on any atom is 0.0971 e. The van der Waals surface area contributed by atoms with Crippen molar-refractivity contribution >= 4 is 0 Å². The molecule has 0 aromatic heterocycles. The highest BCUT2D eigenvalue weighted by atomic mass is 14.6. The molecule has 2 heteroatoms. The molecule has 2 nitrogen and oxygen atoms in total. The van der Waals surface area contributed by atoms with Crippen molar-refractivity contribution in [1.82, 2.24) is 0 Å².